The fourth-order valence-corrected chi connectivity index (χ4v) is 4.09. The molecule has 172 valence electrons. The second kappa shape index (κ2) is 13.7. The van der Waals surface area contributed by atoms with E-state index in [-0.39, 0.29) is 35.8 Å². The number of ether oxygens (including phenoxy) is 1. The van der Waals surface area contributed by atoms with E-state index >= 15 is 0 Å². The van der Waals surface area contributed by atoms with E-state index in [0.717, 1.165) is 44.0 Å². The number of guanidine groups is 1. The summed E-state index contributed by atoms with van der Waals surface area (Å²) in [5.41, 5.74) is 0.999. The van der Waals surface area contributed by atoms with Crippen LogP contribution in [-0.4, -0.2) is 77.2 Å². The highest BCUT2D eigenvalue weighted by Crippen LogP contribution is 2.20. The molecule has 0 aromatic heterocycles. The third-order valence-corrected chi connectivity index (χ3v) is 6.13. The molecule has 0 amide bonds. The van der Waals surface area contributed by atoms with Crippen molar-refractivity contribution < 1.29 is 13.2 Å². The maximum Gasteiger partial charge on any atom is 0.191 e. The number of methoxy groups -OCH3 is 1. The fraction of sp³-hybridized carbons (Fsp3) is 0.650. The van der Waals surface area contributed by atoms with Crippen LogP contribution in [0.3, 0.4) is 0 Å². The SMILES string of the molecule is CCNC(=NCC(OC)c1cccc(Cl)c1)NC1CCN(CCS(C)(=O)=O)CC1.I. The predicted molar refractivity (Wildman–Crippen MR) is 135 cm³/mol. The van der Waals surface area contributed by atoms with E-state index in [1.807, 2.05) is 31.2 Å². The first-order valence-corrected chi connectivity index (χ1v) is 12.5. The molecule has 0 aliphatic carbocycles. The molecule has 0 bridgehead atoms. The quantitative estimate of drug-likeness (QED) is 0.269. The Hall–Kier alpha value is -0.620. The highest BCUT2D eigenvalue weighted by Gasteiger charge is 2.21. The summed E-state index contributed by atoms with van der Waals surface area (Å²) in [7, 11) is -1.24. The molecular formula is C20H34ClIN4O3S. The van der Waals surface area contributed by atoms with E-state index in [0.29, 0.717) is 24.2 Å². The van der Waals surface area contributed by atoms with Gasteiger partial charge in [0.1, 0.15) is 15.9 Å². The van der Waals surface area contributed by atoms with Gasteiger partial charge in [0, 0.05) is 50.6 Å². The molecule has 1 fully saturated rings. The lowest BCUT2D eigenvalue weighted by atomic mass is 10.1. The minimum absolute atomic E-state index is 0. The van der Waals surface area contributed by atoms with Gasteiger partial charge in [0.05, 0.1) is 12.3 Å². The molecule has 0 spiro atoms. The lowest BCUT2D eigenvalue weighted by Gasteiger charge is -2.33. The average molecular weight is 573 g/mol. The number of nitrogens with zero attached hydrogens (tertiary/aromatic N) is 2. The van der Waals surface area contributed by atoms with Crippen molar-refractivity contribution in [1.29, 1.82) is 0 Å². The van der Waals surface area contributed by atoms with E-state index in [2.05, 4.69) is 15.5 Å². The number of aliphatic imine (C=N–C) groups is 1. The van der Waals surface area contributed by atoms with Gasteiger partial charge in [-0.1, -0.05) is 23.7 Å². The van der Waals surface area contributed by atoms with Gasteiger partial charge in [-0.25, -0.2) is 8.42 Å². The number of hydrogen-bond donors (Lipinski definition) is 2. The smallest absolute Gasteiger partial charge is 0.191 e. The maximum atomic E-state index is 11.3. The van der Waals surface area contributed by atoms with Gasteiger partial charge < -0.3 is 20.3 Å². The molecule has 2 N–H and O–H groups in total. The summed E-state index contributed by atoms with van der Waals surface area (Å²) in [4.78, 5) is 6.92. The molecule has 1 aliphatic heterocycles. The van der Waals surface area contributed by atoms with Crippen molar-refractivity contribution in [3.63, 3.8) is 0 Å². The molecule has 1 saturated heterocycles. The largest absolute Gasteiger partial charge is 0.375 e. The summed E-state index contributed by atoms with van der Waals surface area (Å²) in [6, 6.07) is 7.96. The minimum atomic E-state index is -2.91. The van der Waals surface area contributed by atoms with Crippen LogP contribution >= 0.6 is 35.6 Å². The topological polar surface area (TPSA) is 83.0 Å². The van der Waals surface area contributed by atoms with Crippen LogP contribution in [0.15, 0.2) is 29.3 Å². The van der Waals surface area contributed by atoms with Crippen LogP contribution in [-0.2, 0) is 14.6 Å². The molecule has 1 atom stereocenters. The number of likely N-dealkylation sites (tertiary alicyclic amines) is 1. The summed E-state index contributed by atoms with van der Waals surface area (Å²) >= 11 is 6.09. The van der Waals surface area contributed by atoms with Crippen molar-refractivity contribution >= 4 is 51.4 Å². The first-order valence-electron chi connectivity index (χ1n) is 10.0. The zero-order chi connectivity index (χ0) is 21.3. The molecule has 0 saturated carbocycles. The molecule has 10 heteroatoms. The van der Waals surface area contributed by atoms with E-state index < -0.39 is 9.84 Å². The first kappa shape index (κ1) is 27.4. The van der Waals surface area contributed by atoms with Crippen molar-refractivity contribution in [2.24, 2.45) is 4.99 Å². The molecule has 1 aromatic carbocycles. The zero-order valence-corrected chi connectivity index (χ0v) is 21.8. The number of rotatable bonds is 9. The summed E-state index contributed by atoms with van der Waals surface area (Å²) in [5, 5.41) is 7.48. The Morgan fingerprint density at radius 1 is 1.37 bits per heavy atom. The molecule has 1 unspecified atom stereocenters. The number of benzene rings is 1. The minimum Gasteiger partial charge on any atom is -0.375 e. The van der Waals surface area contributed by atoms with E-state index in [4.69, 9.17) is 21.3 Å². The molecule has 1 aromatic rings. The van der Waals surface area contributed by atoms with Gasteiger partial charge in [0.15, 0.2) is 5.96 Å². The van der Waals surface area contributed by atoms with Crippen LogP contribution < -0.4 is 10.6 Å². The van der Waals surface area contributed by atoms with Gasteiger partial charge in [-0.15, -0.1) is 24.0 Å². The van der Waals surface area contributed by atoms with Crippen LogP contribution in [0, 0.1) is 0 Å². The number of piperidine rings is 1. The number of hydrogen-bond acceptors (Lipinski definition) is 5. The maximum absolute atomic E-state index is 11.3. The van der Waals surface area contributed by atoms with Crippen LogP contribution in [0.5, 0.6) is 0 Å². The lowest BCUT2D eigenvalue weighted by molar-refractivity contribution is 0.111. The van der Waals surface area contributed by atoms with E-state index in [1.54, 1.807) is 7.11 Å². The molecular weight excluding hydrogens is 539 g/mol. The standard InChI is InChI=1S/C20H33ClN4O3S.HI/c1-4-22-20(23-15-19(28-2)16-6-5-7-17(21)14-16)24-18-8-10-25(11-9-18)12-13-29(3,26)27;/h5-7,14,18-19H,4,8-13,15H2,1-3H3,(H2,22,23,24);1H. The van der Waals surface area contributed by atoms with Gasteiger partial charge in [-0.3, -0.25) is 4.99 Å². The molecule has 1 aliphatic rings. The van der Waals surface area contributed by atoms with Gasteiger partial charge >= 0.3 is 0 Å². The molecule has 1 heterocycles. The summed E-state index contributed by atoms with van der Waals surface area (Å²) in [6.07, 6.45) is 3.03. The Kier molecular flexibility index (Phi) is 12.5. The fourth-order valence-electron chi connectivity index (χ4n) is 3.31. The third-order valence-electron chi connectivity index (χ3n) is 4.97. The Morgan fingerprint density at radius 3 is 2.63 bits per heavy atom. The second-order valence-electron chi connectivity index (χ2n) is 7.39. The Morgan fingerprint density at radius 2 is 2.07 bits per heavy atom. The van der Waals surface area contributed by atoms with Gasteiger partial charge in [0.2, 0.25) is 0 Å². The Balaban J connectivity index is 0.00000450. The van der Waals surface area contributed by atoms with Gasteiger partial charge in [-0.2, -0.15) is 0 Å². The van der Waals surface area contributed by atoms with Crippen molar-refractivity contribution in [3.05, 3.63) is 34.9 Å². The number of sulfone groups is 1. The number of nitrogens with one attached hydrogen (secondary N) is 2. The monoisotopic (exact) mass is 572 g/mol. The van der Waals surface area contributed by atoms with Crippen LogP contribution in [0.2, 0.25) is 5.02 Å². The highest BCUT2D eigenvalue weighted by molar-refractivity contribution is 14.0. The van der Waals surface area contributed by atoms with Crippen LogP contribution in [0.25, 0.3) is 0 Å². The van der Waals surface area contributed by atoms with Gasteiger partial charge in [-0.05, 0) is 37.5 Å². The Labute approximate surface area is 202 Å². The lowest BCUT2D eigenvalue weighted by Crippen LogP contribution is -2.49. The Bertz CT molecular complexity index is 771. The van der Waals surface area contributed by atoms with Crippen molar-refractivity contribution in [2.45, 2.75) is 31.9 Å². The highest BCUT2D eigenvalue weighted by atomic mass is 127. The summed E-state index contributed by atoms with van der Waals surface area (Å²) in [5.74, 6) is 0.989. The van der Waals surface area contributed by atoms with E-state index in [9.17, 15) is 8.42 Å². The molecule has 30 heavy (non-hydrogen) atoms. The van der Waals surface area contributed by atoms with Crippen molar-refractivity contribution in [3.8, 4) is 0 Å². The summed E-state index contributed by atoms with van der Waals surface area (Å²) < 4.78 is 28.3. The van der Waals surface area contributed by atoms with Crippen LogP contribution in [0.4, 0.5) is 0 Å². The molecule has 2 rings (SSSR count). The third kappa shape index (κ3) is 10.1. The normalized spacial score (nSPS) is 17.3. The predicted octanol–water partition coefficient (Wildman–Crippen LogP) is 2.71. The summed E-state index contributed by atoms with van der Waals surface area (Å²) in [6.45, 7) is 5.67. The first-order chi connectivity index (χ1) is 13.8. The van der Waals surface area contributed by atoms with Crippen LogP contribution in [0.1, 0.15) is 31.4 Å². The molecule has 0 radical (unpaired) electrons. The average Bonchev–Trinajstić information content (AvgIpc) is 2.67. The second-order valence-corrected chi connectivity index (χ2v) is 10.1. The van der Waals surface area contributed by atoms with E-state index in [1.165, 1.54) is 6.26 Å². The molecule has 7 nitrogen and oxygen atoms in total. The zero-order valence-electron chi connectivity index (χ0n) is 17.9. The van der Waals surface area contributed by atoms with Crippen molar-refractivity contribution in [1.82, 2.24) is 15.5 Å². The van der Waals surface area contributed by atoms with Crippen molar-refractivity contribution in [2.75, 3.05) is 51.8 Å². The van der Waals surface area contributed by atoms with Gasteiger partial charge in [0.25, 0.3) is 0 Å². The number of halogens is 2.